The van der Waals surface area contributed by atoms with Gasteiger partial charge in [0.25, 0.3) is 5.91 Å². The Kier molecular flexibility index (Phi) is 4.88. The number of benzene rings is 2. The molecule has 2 heterocycles. The summed E-state index contributed by atoms with van der Waals surface area (Å²) in [7, 11) is 0. The molecule has 0 aliphatic carbocycles. The highest BCUT2D eigenvalue weighted by molar-refractivity contribution is 5.91. The minimum absolute atomic E-state index is 0.223. The molecule has 1 N–H and O–H groups in total. The van der Waals surface area contributed by atoms with Crippen LogP contribution in [0.5, 0.6) is 11.5 Å². The van der Waals surface area contributed by atoms with Crippen LogP contribution in [0.2, 0.25) is 0 Å². The molecule has 4 rings (SSSR count). The van der Waals surface area contributed by atoms with Crippen LogP contribution in [0.25, 0.3) is 11.4 Å². The van der Waals surface area contributed by atoms with Gasteiger partial charge in [0.15, 0.2) is 5.76 Å². The first-order chi connectivity index (χ1) is 13.7. The molecular formula is C21H17N3O4. The molecule has 0 saturated heterocycles. The van der Waals surface area contributed by atoms with Crippen LogP contribution in [0, 0.1) is 0 Å². The van der Waals surface area contributed by atoms with Crippen molar-refractivity contribution >= 4 is 5.91 Å². The van der Waals surface area contributed by atoms with Crippen molar-refractivity contribution in [1.29, 1.82) is 0 Å². The van der Waals surface area contributed by atoms with Gasteiger partial charge in [-0.2, -0.15) is 4.98 Å². The lowest BCUT2D eigenvalue weighted by molar-refractivity contribution is 0.0904. The molecule has 0 radical (unpaired) electrons. The summed E-state index contributed by atoms with van der Waals surface area (Å²) >= 11 is 0. The molecule has 0 aliphatic rings. The van der Waals surface area contributed by atoms with Crippen LogP contribution in [-0.2, 0) is 0 Å². The van der Waals surface area contributed by atoms with E-state index in [2.05, 4.69) is 15.5 Å². The van der Waals surface area contributed by atoms with Crippen molar-refractivity contribution in [3.05, 3.63) is 84.6 Å². The summed E-state index contributed by atoms with van der Waals surface area (Å²) in [5, 5.41) is 6.74. The Hall–Kier alpha value is -3.87. The normalized spacial score (nSPS) is 11.8. The highest BCUT2D eigenvalue weighted by Crippen LogP contribution is 2.25. The predicted molar refractivity (Wildman–Crippen MR) is 101 cm³/mol. The summed E-state index contributed by atoms with van der Waals surface area (Å²) in [5.41, 5.74) is 0.778. The molecule has 0 spiro atoms. The maximum absolute atomic E-state index is 12.0. The lowest BCUT2D eigenvalue weighted by atomic mass is 10.2. The summed E-state index contributed by atoms with van der Waals surface area (Å²) in [6.07, 6.45) is 1.44. The van der Waals surface area contributed by atoms with Crippen LogP contribution in [0.3, 0.4) is 0 Å². The number of carbonyl (C=O) groups is 1. The largest absolute Gasteiger partial charge is 0.459 e. The molecule has 0 bridgehead atoms. The first-order valence-electron chi connectivity index (χ1n) is 8.70. The molecule has 7 nitrogen and oxygen atoms in total. The Bertz CT molecular complexity index is 1040. The minimum Gasteiger partial charge on any atom is -0.459 e. The minimum atomic E-state index is -0.459. The van der Waals surface area contributed by atoms with Gasteiger partial charge < -0.3 is 19.0 Å². The lowest BCUT2D eigenvalue weighted by Crippen LogP contribution is -2.26. The second-order valence-corrected chi connectivity index (χ2v) is 6.07. The van der Waals surface area contributed by atoms with E-state index in [0.717, 1.165) is 11.3 Å². The first-order valence-corrected chi connectivity index (χ1v) is 8.70. The Morgan fingerprint density at radius 1 is 1.00 bits per heavy atom. The molecule has 0 fully saturated rings. The maximum Gasteiger partial charge on any atom is 0.287 e. The highest BCUT2D eigenvalue weighted by atomic mass is 16.5. The van der Waals surface area contributed by atoms with Gasteiger partial charge in [-0.05, 0) is 55.5 Å². The van der Waals surface area contributed by atoms with Crippen LogP contribution >= 0.6 is 0 Å². The number of carbonyl (C=O) groups excluding carboxylic acids is 1. The summed E-state index contributed by atoms with van der Waals surface area (Å²) in [4.78, 5) is 16.4. The number of aromatic nitrogens is 2. The number of amides is 1. The summed E-state index contributed by atoms with van der Waals surface area (Å²) in [6.45, 7) is 1.76. The topological polar surface area (TPSA) is 90.4 Å². The molecular weight excluding hydrogens is 358 g/mol. The number of furan rings is 1. The Balaban J connectivity index is 1.43. The molecule has 4 aromatic rings. The molecule has 2 aromatic heterocycles. The zero-order chi connectivity index (χ0) is 19.3. The van der Waals surface area contributed by atoms with E-state index in [9.17, 15) is 4.79 Å². The van der Waals surface area contributed by atoms with E-state index in [1.54, 1.807) is 19.1 Å². The number of para-hydroxylation sites is 1. The predicted octanol–water partition coefficient (Wildman–Crippen LogP) is 4.61. The van der Waals surface area contributed by atoms with E-state index >= 15 is 0 Å². The van der Waals surface area contributed by atoms with Crippen molar-refractivity contribution in [2.24, 2.45) is 0 Å². The second-order valence-electron chi connectivity index (χ2n) is 6.07. The second kappa shape index (κ2) is 7.79. The molecule has 2 aromatic carbocycles. The molecule has 0 aliphatic heterocycles. The number of rotatable bonds is 6. The van der Waals surface area contributed by atoms with E-state index < -0.39 is 6.04 Å². The van der Waals surface area contributed by atoms with Crippen LogP contribution in [0.4, 0.5) is 0 Å². The van der Waals surface area contributed by atoms with Crippen LogP contribution in [-0.4, -0.2) is 16.0 Å². The van der Waals surface area contributed by atoms with Crippen LogP contribution in [0.15, 0.2) is 81.9 Å². The lowest BCUT2D eigenvalue weighted by Gasteiger charge is -2.07. The summed E-state index contributed by atoms with van der Waals surface area (Å²) in [6, 6.07) is 19.7. The van der Waals surface area contributed by atoms with Crippen LogP contribution in [0.1, 0.15) is 29.4 Å². The van der Waals surface area contributed by atoms with Crippen molar-refractivity contribution in [2.75, 3.05) is 0 Å². The molecule has 140 valence electrons. The number of hydrogen-bond acceptors (Lipinski definition) is 6. The van der Waals surface area contributed by atoms with Gasteiger partial charge in [0, 0.05) is 5.56 Å². The zero-order valence-corrected chi connectivity index (χ0v) is 15.0. The number of nitrogens with one attached hydrogen (secondary N) is 1. The van der Waals surface area contributed by atoms with Gasteiger partial charge in [-0.15, -0.1) is 0 Å². The average molecular weight is 375 g/mol. The smallest absolute Gasteiger partial charge is 0.287 e. The van der Waals surface area contributed by atoms with E-state index in [4.69, 9.17) is 13.7 Å². The summed E-state index contributed by atoms with van der Waals surface area (Å²) in [5.74, 6) is 2.08. The fraction of sp³-hybridized carbons (Fsp3) is 0.0952. The van der Waals surface area contributed by atoms with Gasteiger partial charge in [0.05, 0.1) is 6.26 Å². The Labute approximate surface area is 161 Å². The average Bonchev–Trinajstić information content (AvgIpc) is 3.42. The Morgan fingerprint density at radius 2 is 1.75 bits per heavy atom. The van der Waals surface area contributed by atoms with Gasteiger partial charge >= 0.3 is 0 Å². The Morgan fingerprint density at radius 3 is 2.46 bits per heavy atom. The van der Waals surface area contributed by atoms with Crippen molar-refractivity contribution in [2.45, 2.75) is 13.0 Å². The van der Waals surface area contributed by atoms with Crippen molar-refractivity contribution in [1.82, 2.24) is 15.5 Å². The maximum atomic E-state index is 12.0. The molecule has 1 atom stereocenters. The third-order valence-electron chi connectivity index (χ3n) is 4.00. The quantitative estimate of drug-likeness (QED) is 0.529. The summed E-state index contributed by atoms with van der Waals surface area (Å²) < 4.78 is 16.1. The van der Waals surface area contributed by atoms with Gasteiger partial charge in [0.1, 0.15) is 17.5 Å². The fourth-order valence-corrected chi connectivity index (χ4v) is 2.56. The van der Waals surface area contributed by atoms with E-state index in [1.165, 1.54) is 6.26 Å². The SMILES string of the molecule is C[C@H](NC(=O)c1ccco1)c1nc(-c2ccc(Oc3ccccc3)cc2)no1. The van der Waals surface area contributed by atoms with E-state index in [-0.39, 0.29) is 11.7 Å². The zero-order valence-electron chi connectivity index (χ0n) is 15.0. The number of nitrogens with zero attached hydrogens (tertiary/aromatic N) is 2. The molecule has 1 amide bonds. The monoisotopic (exact) mass is 375 g/mol. The first kappa shape index (κ1) is 17.5. The van der Waals surface area contributed by atoms with Crippen molar-refractivity contribution < 1.29 is 18.5 Å². The van der Waals surface area contributed by atoms with Gasteiger partial charge in [-0.3, -0.25) is 4.79 Å². The van der Waals surface area contributed by atoms with Gasteiger partial charge in [-0.25, -0.2) is 0 Å². The van der Waals surface area contributed by atoms with Gasteiger partial charge in [0.2, 0.25) is 11.7 Å². The third kappa shape index (κ3) is 3.93. The van der Waals surface area contributed by atoms with E-state index in [0.29, 0.717) is 17.5 Å². The van der Waals surface area contributed by atoms with Gasteiger partial charge in [-0.1, -0.05) is 23.4 Å². The number of hydrogen-bond donors (Lipinski definition) is 1. The molecule has 28 heavy (non-hydrogen) atoms. The van der Waals surface area contributed by atoms with Crippen LogP contribution < -0.4 is 10.1 Å². The fourth-order valence-electron chi connectivity index (χ4n) is 2.56. The molecule has 7 heteroatoms. The van der Waals surface area contributed by atoms with Crippen molar-refractivity contribution in [3.63, 3.8) is 0 Å². The third-order valence-corrected chi connectivity index (χ3v) is 4.00. The highest BCUT2D eigenvalue weighted by Gasteiger charge is 2.19. The van der Waals surface area contributed by atoms with Crippen molar-refractivity contribution in [3.8, 4) is 22.9 Å². The molecule has 0 saturated carbocycles. The standard InChI is InChI=1S/C21H17N3O4/c1-14(22-20(25)18-8-5-13-26-18)21-23-19(24-28-21)15-9-11-17(12-10-15)27-16-6-3-2-4-7-16/h2-14H,1H3,(H,22,25)/t14-/m0/s1. The molecule has 0 unspecified atom stereocenters. The van der Waals surface area contributed by atoms with E-state index in [1.807, 2.05) is 54.6 Å². The number of ether oxygens (including phenoxy) is 1.